The second-order valence-electron chi connectivity index (χ2n) is 4.66. The minimum absolute atomic E-state index is 0.260. The third-order valence-electron chi connectivity index (χ3n) is 2.92. The van der Waals surface area contributed by atoms with Crippen molar-refractivity contribution in [3.05, 3.63) is 24.0 Å². The molecule has 1 aliphatic heterocycles. The zero-order chi connectivity index (χ0) is 10.0. The molecule has 1 unspecified atom stereocenters. The van der Waals surface area contributed by atoms with E-state index >= 15 is 0 Å². The fourth-order valence-electron chi connectivity index (χ4n) is 1.81. The first-order valence-electron chi connectivity index (χ1n) is 5.11. The van der Waals surface area contributed by atoms with Crippen molar-refractivity contribution in [3.8, 4) is 0 Å². The molecule has 3 heteroatoms. The van der Waals surface area contributed by atoms with Gasteiger partial charge in [0.05, 0.1) is 13.2 Å². The highest BCUT2D eigenvalue weighted by Gasteiger charge is 2.34. The van der Waals surface area contributed by atoms with E-state index in [0.717, 1.165) is 19.8 Å². The minimum atomic E-state index is 0.260. The molecule has 0 aliphatic carbocycles. The monoisotopic (exact) mass is 194 g/mol. The molecule has 1 atom stereocenters. The van der Waals surface area contributed by atoms with Gasteiger partial charge >= 0.3 is 0 Å². The van der Waals surface area contributed by atoms with Crippen molar-refractivity contribution in [2.24, 2.45) is 5.41 Å². The number of H-pyrrole nitrogens is 1. The van der Waals surface area contributed by atoms with Crippen molar-refractivity contribution < 1.29 is 4.74 Å². The van der Waals surface area contributed by atoms with Crippen LogP contribution in [0.1, 0.15) is 19.4 Å². The SMILES string of the molecule is CC1(C)COCC1NCc1cc[nH]c1. The van der Waals surface area contributed by atoms with Crippen LogP contribution >= 0.6 is 0 Å². The van der Waals surface area contributed by atoms with Crippen LogP contribution in [0.2, 0.25) is 0 Å². The summed E-state index contributed by atoms with van der Waals surface area (Å²) in [4.78, 5) is 3.05. The van der Waals surface area contributed by atoms with E-state index in [1.165, 1.54) is 5.56 Å². The number of aromatic nitrogens is 1. The maximum absolute atomic E-state index is 5.47. The quantitative estimate of drug-likeness (QED) is 0.765. The lowest BCUT2D eigenvalue weighted by atomic mass is 9.88. The molecule has 2 N–H and O–H groups in total. The van der Waals surface area contributed by atoms with Crippen molar-refractivity contribution in [3.63, 3.8) is 0 Å². The summed E-state index contributed by atoms with van der Waals surface area (Å²) in [5, 5.41) is 3.53. The van der Waals surface area contributed by atoms with Gasteiger partial charge in [0.25, 0.3) is 0 Å². The lowest BCUT2D eigenvalue weighted by molar-refractivity contribution is 0.166. The van der Waals surface area contributed by atoms with Crippen molar-refractivity contribution in [2.45, 2.75) is 26.4 Å². The number of hydrogen-bond acceptors (Lipinski definition) is 2. The van der Waals surface area contributed by atoms with E-state index in [-0.39, 0.29) is 5.41 Å². The lowest BCUT2D eigenvalue weighted by Crippen LogP contribution is -2.40. The first kappa shape index (κ1) is 9.74. The van der Waals surface area contributed by atoms with Gasteiger partial charge in [-0.3, -0.25) is 0 Å². The Labute approximate surface area is 84.9 Å². The highest BCUT2D eigenvalue weighted by atomic mass is 16.5. The summed E-state index contributed by atoms with van der Waals surface area (Å²) in [6.07, 6.45) is 3.98. The molecular formula is C11H18N2O. The molecule has 0 aromatic carbocycles. The molecule has 1 aromatic heterocycles. The Morgan fingerprint density at radius 2 is 2.50 bits per heavy atom. The Morgan fingerprint density at radius 3 is 3.07 bits per heavy atom. The zero-order valence-electron chi connectivity index (χ0n) is 8.84. The topological polar surface area (TPSA) is 37.0 Å². The van der Waals surface area contributed by atoms with Gasteiger partial charge in [-0.15, -0.1) is 0 Å². The molecule has 0 radical (unpaired) electrons. The molecule has 1 fully saturated rings. The minimum Gasteiger partial charge on any atom is -0.379 e. The summed E-state index contributed by atoms with van der Waals surface area (Å²) >= 11 is 0. The smallest absolute Gasteiger partial charge is 0.0626 e. The summed E-state index contributed by atoms with van der Waals surface area (Å²) in [6.45, 7) is 7.10. The maximum Gasteiger partial charge on any atom is 0.0626 e. The highest BCUT2D eigenvalue weighted by molar-refractivity contribution is 5.08. The van der Waals surface area contributed by atoms with Crippen molar-refractivity contribution in [2.75, 3.05) is 13.2 Å². The maximum atomic E-state index is 5.47. The fraction of sp³-hybridized carbons (Fsp3) is 0.636. The van der Waals surface area contributed by atoms with Gasteiger partial charge in [0, 0.05) is 30.4 Å². The predicted octanol–water partition coefficient (Wildman–Crippen LogP) is 1.53. The van der Waals surface area contributed by atoms with Crippen LogP contribution in [0.15, 0.2) is 18.5 Å². The molecule has 78 valence electrons. The summed E-state index contributed by atoms with van der Waals surface area (Å²) < 4.78 is 5.47. The van der Waals surface area contributed by atoms with E-state index in [0.29, 0.717) is 6.04 Å². The van der Waals surface area contributed by atoms with Crippen LogP contribution in [0.5, 0.6) is 0 Å². The highest BCUT2D eigenvalue weighted by Crippen LogP contribution is 2.27. The summed E-state index contributed by atoms with van der Waals surface area (Å²) in [5.74, 6) is 0. The summed E-state index contributed by atoms with van der Waals surface area (Å²) in [7, 11) is 0. The second kappa shape index (κ2) is 3.75. The van der Waals surface area contributed by atoms with E-state index in [9.17, 15) is 0 Å². The van der Waals surface area contributed by atoms with E-state index in [1.807, 2.05) is 12.4 Å². The Bertz CT molecular complexity index is 279. The largest absolute Gasteiger partial charge is 0.379 e. The van der Waals surface area contributed by atoms with Gasteiger partial charge in [0.15, 0.2) is 0 Å². The molecule has 1 aromatic rings. The molecule has 2 rings (SSSR count). The van der Waals surface area contributed by atoms with E-state index < -0.39 is 0 Å². The number of rotatable bonds is 3. The van der Waals surface area contributed by atoms with Gasteiger partial charge < -0.3 is 15.0 Å². The number of aromatic amines is 1. The van der Waals surface area contributed by atoms with Crippen LogP contribution in [0, 0.1) is 5.41 Å². The predicted molar refractivity (Wildman–Crippen MR) is 56.0 cm³/mol. The van der Waals surface area contributed by atoms with Crippen LogP contribution in [0.25, 0.3) is 0 Å². The van der Waals surface area contributed by atoms with Crippen molar-refractivity contribution >= 4 is 0 Å². The number of nitrogens with one attached hydrogen (secondary N) is 2. The van der Waals surface area contributed by atoms with Crippen LogP contribution in [0.3, 0.4) is 0 Å². The van der Waals surface area contributed by atoms with Crippen LogP contribution < -0.4 is 5.32 Å². The lowest BCUT2D eigenvalue weighted by Gasteiger charge is -2.25. The molecule has 3 nitrogen and oxygen atoms in total. The number of hydrogen-bond donors (Lipinski definition) is 2. The van der Waals surface area contributed by atoms with Crippen LogP contribution in [-0.2, 0) is 11.3 Å². The Kier molecular flexibility index (Phi) is 2.61. The second-order valence-corrected chi connectivity index (χ2v) is 4.66. The standard InChI is InChI=1S/C11H18N2O/c1-11(2)8-14-7-10(11)13-6-9-3-4-12-5-9/h3-5,10,12-13H,6-8H2,1-2H3. The first-order chi connectivity index (χ1) is 6.68. The number of ether oxygens (including phenoxy) is 1. The fourth-order valence-corrected chi connectivity index (χ4v) is 1.81. The molecule has 0 spiro atoms. The third kappa shape index (κ3) is 1.99. The summed E-state index contributed by atoms with van der Waals surface area (Å²) in [6, 6.07) is 2.56. The van der Waals surface area contributed by atoms with Gasteiger partial charge in [0.1, 0.15) is 0 Å². The third-order valence-corrected chi connectivity index (χ3v) is 2.92. The average Bonchev–Trinajstić information content (AvgIpc) is 2.71. The Balaban J connectivity index is 1.86. The van der Waals surface area contributed by atoms with Gasteiger partial charge in [-0.05, 0) is 11.6 Å². The van der Waals surface area contributed by atoms with Crippen molar-refractivity contribution in [1.29, 1.82) is 0 Å². The molecule has 2 heterocycles. The molecule has 0 bridgehead atoms. The molecule has 14 heavy (non-hydrogen) atoms. The van der Waals surface area contributed by atoms with Gasteiger partial charge in [0.2, 0.25) is 0 Å². The van der Waals surface area contributed by atoms with E-state index in [2.05, 4.69) is 30.2 Å². The molecule has 1 aliphatic rings. The molecule has 0 saturated carbocycles. The van der Waals surface area contributed by atoms with Crippen molar-refractivity contribution in [1.82, 2.24) is 10.3 Å². The van der Waals surface area contributed by atoms with Gasteiger partial charge in [-0.1, -0.05) is 13.8 Å². The zero-order valence-corrected chi connectivity index (χ0v) is 8.84. The van der Waals surface area contributed by atoms with Gasteiger partial charge in [-0.2, -0.15) is 0 Å². The van der Waals surface area contributed by atoms with Crippen LogP contribution in [0.4, 0.5) is 0 Å². The van der Waals surface area contributed by atoms with E-state index in [4.69, 9.17) is 4.74 Å². The molecule has 0 amide bonds. The average molecular weight is 194 g/mol. The molecular weight excluding hydrogens is 176 g/mol. The Hall–Kier alpha value is -0.800. The first-order valence-corrected chi connectivity index (χ1v) is 5.11. The van der Waals surface area contributed by atoms with Crippen LogP contribution in [-0.4, -0.2) is 24.2 Å². The Morgan fingerprint density at radius 1 is 1.64 bits per heavy atom. The molecule has 1 saturated heterocycles. The normalized spacial score (nSPS) is 25.4. The summed E-state index contributed by atoms with van der Waals surface area (Å²) in [5.41, 5.74) is 1.56. The van der Waals surface area contributed by atoms with E-state index in [1.54, 1.807) is 0 Å². The van der Waals surface area contributed by atoms with Gasteiger partial charge in [-0.25, -0.2) is 0 Å².